The van der Waals surface area contributed by atoms with Crippen LogP contribution in [0.4, 0.5) is 15.8 Å². The molecule has 0 saturated heterocycles. The number of methoxy groups -OCH3 is 1. The highest BCUT2D eigenvalue weighted by Gasteiger charge is 2.37. The maximum Gasteiger partial charge on any atom is 0.267 e. The summed E-state index contributed by atoms with van der Waals surface area (Å²) in [4.78, 5) is 13.0. The second-order valence-corrected chi connectivity index (χ2v) is 9.68. The van der Waals surface area contributed by atoms with E-state index in [2.05, 4.69) is 5.32 Å². The molecular weight excluding hydrogens is 471 g/mol. The van der Waals surface area contributed by atoms with Crippen molar-refractivity contribution in [1.82, 2.24) is 0 Å². The topological polar surface area (TPSA) is 84.9 Å². The van der Waals surface area contributed by atoms with Crippen molar-refractivity contribution in [2.75, 3.05) is 23.3 Å². The maximum absolute atomic E-state index is 13.5. The molecule has 1 atom stereocenters. The number of aryl methyl sites for hydroxylation is 1. The lowest BCUT2D eigenvalue weighted by molar-refractivity contribution is -0.122. The summed E-state index contributed by atoms with van der Waals surface area (Å²) in [7, 11) is -2.53. The van der Waals surface area contributed by atoms with E-state index in [9.17, 15) is 17.6 Å². The van der Waals surface area contributed by atoms with Crippen molar-refractivity contribution in [3.8, 4) is 11.5 Å². The zero-order valence-corrected chi connectivity index (χ0v) is 19.3. The molecule has 1 aliphatic heterocycles. The van der Waals surface area contributed by atoms with E-state index in [0.717, 1.165) is 15.9 Å². The van der Waals surface area contributed by atoms with Crippen LogP contribution in [0.2, 0.25) is 5.02 Å². The number of nitrogens with one attached hydrogen (secondary N) is 1. The molecule has 0 fully saturated rings. The molecule has 4 rings (SSSR count). The highest BCUT2D eigenvalue weighted by molar-refractivity contribution is 7.92. The van der Waals surface area contributed by atoms with Crippen LogP contribution in [0, 0.1) is 12.7 Å². The Hall–Kier alpha value is -3.30. The van der Waals surface area contributed by atoms with Crippen LogP contribution in [-0.4, -0.2) is 34.1 Å². The lowest BCUT2D eigenvalue weighted by atomic mass is 10.1. The molecule has 0 saturated carbocycles. The zero-order chi connectivity index (χ0) is 23.8. The van der Waals surface area contributed by atoms with Crippen molar-refractivity contribution < 1.29 is 27.1 Å². The van der Waals surface area contributed by atoms with Crippen molar-refractivity contribution in [3.63, 3.8) is 0 Å². The van der Waals surface area contributed by atoms with Gasteiger partial charge in [-0.3, -0.25) is 9.10 Å². The smallest absolute Gasteiger partial charge is 0.267 e. The van der Waals surface area contributed by atoms with Crippen LogP contribution in [-0.2, 0) is 14.8 Å². The molecule has 1 N–H and O–H groups in total. The number of hydrogen-bond acceptors (Lipinski definition) is 5. The van der Waals surface area contributed by atoms with Gasteiger partial charge >= 0.3 is 0 Å². The fourth-order valence-corrected chi connectivity index (χ4v) is 5.05. The Bertz CT molecular complexity index is 1310. The Balaban J connectivity index is 1.68. The Morgan fingerprint density at radius 3 is 2.55 bits per heavy atom. The molecule has 1 aliphatic rings. The summed E-state index contributed by atoms with van der Waals surface area (Å²) in [6.07, 6.45) is -1.16. The third kappa shape index (κ3) is 4.60. The van der Waals surface area contributed by atoms with E-state index in [0.29, 0.717) is 11.4 Å². The lowest BCUT2D eigenvalue weighted by Gasteiger charge is -2.35. The first kappa shape index (κ1) is 22.9. The molecule has 0 radical (unpaired) electrons. The van der Waals surface area contributed by atoms with Crippen LogP contribution in [0.1, 0.15) is 5.56 Å². The molecule has 1 amide bonds. The van der Waals surface area contributed by atoms with Gasteiger partial charge in [0.25, 0.3) is 15.9 Å². The number of carbonyl (C=O) groups is 1. The van der Waals surface area contributed by atoms with E-state index in [1.54, 1.807) is 30.3 Å². The van der Waals surface area contributed by atoms with Crippen LogP contribution in [0.15, 0.2) is 65.6 Å². The number of anilines is 2. The second kappa shape index (κ2) is 8.92. The molecule has 0 bridgehead atoms. The van der Waals surface area contributed by atoms with Gasteiger partial charge in [-0.25, -0.2) is 12.8 Å². The minimum atomic E-state index is -4.02. The Morgan fingerprint density at radius 1 is 1.15 bits per heavy atom. The number of sulfonamides is 1. The largest absolute Gasteiger partial charge is 0.497 e. The predicted octanol–water partition coefficient (Wildman–Crippen LogP) is 4.39. The van der Waals surface area contributed by atoms with Gasteiger partial charge in [-0.15, -0.1) is 0 Å². The van der Waals surface area contributed by atoms with Crippen LogP contribution in [0.25, 0.3) is 0 Å². The Kier molecular flexibility index (Phi) is 6.18. The molecule has 0 aromatic heterocycles. The van der Waals surface area contributed by atoms with Crippen LogP contribution < -0.4 is 19.1 Å². The average Bonchev–Trinajstić information content (AvgIpc) is 2.80. The monoisotopic (exact) mass is 490 g/mol. The fraction of sp³-hybridized carbons (Fsp3) is 0.174. The van der Waals surface area contributed by atoms with E-state index in [1.165, 1.54) is 31.4 Å². The highest BCUT2D eigenvalue weighted by atomic mass is 35.5. The Morgan fingerprint density at radius 2 is 1.88 bits per heavy atom. The summed E-state index contributed by atoms with van der Waals surface area (Å²) < 4.78 is 52.5. The minimum Gasteiger partial charge on any atom is -0.497 e. The van der Waals surface area contributed by atoms with E-state index in [1.807, 2.05) is 6.92 Å². The summed E-state index contributed by atoms with van der Waals surface area (Å²) in [6.45, 7) is 1.57. The van der Waals surface area contributed by atoms with Crippen molar-refractivity contribution in [2.45, 2.75) is 17.9 Å². The zero-order valence-electron chi connectivity index (χ0n) is 17.7. The number of ether oxygens (including phenoxy) is 2. The van der Waals surface area contributed by atoms with Gasteiger partial charge < -0.3 is 14.8 Å². The van der Waals surface area contributed by atoms with Crippen molar-refractivity contribution in [3.05, 3.63) is 77.1 Å². The lowest BCUT2D eigenvalue weighted by Crippen LogP contribution is -2.48. The van der Waals surface area contributed by atoms with E-state index in [4.69, 9.17) is 21.1 Å². The molecule has 0 aliphatic carbocycles. The molecule has 0 unspecified atom stereocenters. The quantitative estimate of drug-likeness (QED) is 0.573. The number of nitrogens with zero attached hydrogens (tertiary/aromatic N) is 1. The standard InChI is InChI=1S/C23H20ClFN2O5S/c1-14-3-10-20-21(11-14)32-22(23(28)26-15-4-9-19(25)18(24)12-15)13-27(20)33(29,30)17-7-5-16(31-2)6-8-17/h3-12,22H,13H2,1-2H3,(H,26,28)/t22-/m0/s1. The van der Waals surface area contributed by atoms with Crippen LogP contribution in [0.5, 0.6) is 11.5 Å². The second-order valence-electron chi connectivity index (χ2n) is 7.41. The van der Waals surface area contributed by atoms with Gasteiger partial charge in [0.2, 0.25) is 0 Å². The summed E-state index contributed by atoms with van der Waals surface area (Å²) in [5.74, 6) is -0.442. The van der Waals surface area contributed by atoms with Crippen molar-refractivity contribution >= 4 is 38.9 Å². The van der Waals surface area contributed by atoms with Gasteiger partial charge in [-0.1, -0.05) is 17.7 Å². The minimum absolute atomic E-state index is 0.0428. The molecule has 0 spiro atoms. The highest BCUT2D eigenvalue weighted by Crippen LogP contribution is 2.38. The summed E-state index contributed by atoms with van der Waals surface area (Å²) in [6, 6.07) is 14.8. The number of fused-ring (bicyclic) bond motifs is 1. The summed E-state index contributed by atoms with van der Waals surface area (Å²) in [5.41, 5.74) is 1.42. The third-order valence-corrected chi connectivity index (χ3v) is 7.20. The number of halogens is 2. The third-order valence-electron chi connectivity index (χ3n) is 5.11. The molecule has 33 heavy (non-hydrogen) atoms. The summed E-state index contributed by atoms with van der Waals surface area (Å²) >= 11 is 5.79. The van der Waals surface area contributed by atoms with Gasteiger partial charge in [-0.05, 0) is 67.1 Å². The van der Waals surface area contributed by atoms with Gasteiger partial charge in [0, 0.05) is 5.69 Å². The average molecular weight is 491 g/mol. The predicted molar refractivity (Wildman–Crippen MR) is 123 cm³/mol. The normalized spacial score (nSPS) is 15.4. The van der Waals surface area contributed by atoms with Crippen LogP contribution in [0.3, 0.4) is 0 Å². The molecule has 10 heteroatoms. The number of benzene rings is 3. The van der Waals surface area contributed by atoms with Crippen molar-refractivity contribution in [1.29, 1.82) is 0 Å². The number of carbonyl (C=O) groups excluding carboxylic acids is 1. The number of amides is 1. The van der Waals surface area contributed by atoms with E-state index < -0.39 is 27.9 Å². The van der Waals surface area contributed by atoms with Gasteiger partial charge in [0.15, 0.2) is 6.10 Å². The molecule has 3 aromatic rings. The summed E-state index contributed by atoms with van der Waals surface area (Å²) in [5, 5.41) is 2.45. The van der Waals surface area contributed by atoms with Crippen LogP contribution >= 0.6 is 11.6 Å². The first-order valence-electron chi connectivity index (χ1n) is 9.89. The molecule has 1 heterocycles. The number of hydrogen-bond donors (Lipinski definition) is 1. The maximum atomic E-state index is 13.5. The molecule has 172 valence electrons. The first-order valence-corrected chi connectivity index (χ1v) is 11.7. The van der Waals surface area contributed by atoms with Crippen molar-refractivity contribution in [2.24, 2.45) is 0 Å². The SMILES string of the molecule is COc1ccc(S(=O)(=O)N2C[C@@H](C(=O)Nc3ccc(F)c(Cl)c3)Oc3cc(C)ccc32)cc1. The fourth-order valence-electron chi connectivity index (χ4n) is 3.40. The van der Waals surface area contributed by atoms with Gasteiger partial charge in [-0.2, -0.15) is 0 Å². The molecule has 7 nitrogen and oxygen atoms in total. The Labute approximate surface area is 195 Å². The van der Waals surface area contributed by atoms with E-state index in [-0.39, 0.29) is 27.9 Å². The first-order chi connectivity index (χ1) is 15.7. The molecule has 3 aromatic carbocycles. The van der Waals surface area contributed by atoms with Gasteiger partial charge in [0.1, 0.15) is 17.3 Å². The number of rotatable bonds is 5. The van der Waals surface area contributed by atoms with E-state index >= 15 is 0 Å². The van der Waals surface area contributed by atoms with Gasteiger partial charge in [0.05, 0.1) is 29.3 Å². The molecular formula is C23H20ClFN2O5S.